The summed E-state index contributed by atoms with van der Waals surface area (Å²) < 4.78 is 5.35. The molecule has 1 aliphatic rings. The maximum atomic E-state index is 5.75. The van der Waals surface area contributed by atoms with E-state index in [1.165, 1.54) is 6.33 Å². The number of nitrogen functional groups attached to an aromatic ring is 1. The molecule has 1 atom stereocenters. The van der Waals surface area contributed by atoms with Crippen molar-refractivity contribution in [1.29, 1.82) is 0 Å². The van der Waals surface area contributed by atoms with Crippen molar-refractivity contribution in [1.82, 2.24) is 9.97 Å². The molecule has 0 aliphatic carbocycles. The van der Waals surface area contributed by atoms with Gasteiger partial charge in [0.15, 0.2) is 0 Å². The summed E-state index contributed by atoms with van der Waals surface area (Å²) in [6.07, 6.45) is 2.55. The van der Waals surface area contributed by atoms with Gasteiger partial charge in [-0.15, -0.1) is 0 Å². The number of nitrogens with two attached hydrogens (primary N) is 1. The lowest BCUT2D eigenvalue weighted by Crippen LogP contribution is -2.33. The van der Waals surface area contributed by atoms with Gasteiger partial charge in [0.2, 0.25) is 0 Å². The third-order valence-corrected chi connectivity index (χ3v) is 2.88. The van der Waals surface area contributed by atoms with E-state index >= 15 is 0 Å². The molecule has 5 heteroatoms. The van der Waals surface area contributed by atoms with E-state index in [1.807, 2.05) is 14.0 Å². The van der Waals surface area contributed by atoms with Gasteiger partial charge in [0.1, 0.15) is 18.0 Å². The Balaban J connectivity index is 2.24. The second-order valence-corrected chi connectivity index (χ2v) is 3.84. The summed E-state index contributed by atoms with van der Waals surface area (Å²) in [4.78, 5) is 10.3. The summed E-state index contributed by atoms with van der Waals surface area (Å²) >= 11 is 0. The summed E-state index contributed by atoms with van der Waals surface area (Å²) in [5, 5.41) is 0. The molecule has 0 amide bonds. The van der Waals surface area contributed by atoms with Crippen LogP contribution >= 0.6 is 0 Å². The normalized spacial score (nSPS) is 20.5. The lowest BCUT2D eigenvalue weighted by molar-refractivity contribution is 0.193. The Bertz CT molecular complexity index is 349. The van der Waals surface area contributed by atoms with E-state index in [9.17, 15) is 0 Å². The van der Waals surface area contributed by atoms with Crippen LogP contribution in [0.1, 0.15) is 12.0 Å². The lowest BCUT2D eigenvalue weighted by Gasteiger charge is -2.25. The highest BCUT2D eigenvalue weighted by Gasteiger charge is 2.22. The first kappa shape index (κ1) is 10.2. The fourth-order valence-corrected chi connectivity index (χ4v) is 1.81. The van der Waals surface area contributed by atoms with Gasteiger partial charge in [-0.05, 0) is 13.3 Å². The second-order valence-electron chi connectivity index (χ2n) is 3.84. The van der Waals surface area contributed by atoms with Gasteiger partial charge in [-0.25, -0.2) is 9.97 Å². The van der Waals surface area contributed by atoms with Crippen LogP contribution in [0.2, 0.25) is 0 Å². The fourth-order valence-electron chi connectivity index (χ4n) is 1.81. The molecule has 2 heterocycles. The van der Waals surface area contributed by atoms with Crippen LogP contribution in [0.5, 0.6) is 0 Å². The van der Waals surface area contributed by atoms with Crippen molar-refractivity contribution in [2.75, 3.05) is 30.9 Å². The van der Waals surface area contributed by atoms with Gasteiger partial charge >= 0.3 is 0 Å². The molecule has 1 unspecified atom stereocenters. The van der Waals surface area contributed by atoms with Crippen LogP contribution in [0.25, 0.3) is 0 Å². The van der Waals surface area contributed by atoms with Crippen molar-refractivity contribution >= 4 is 11.6 Å². The lowest BCUT2D eigenvalue weighted by atomic mass is 10.2. The van der Waals surface area contributed by atoms with Crippen LogP contribution in [0.4, 0.5) is 11.6 Å². The molecule has 82 valence electrons. The Morgan fingerprint density at radius 3 is 3.00 bits per heavy atom. The number of anilines is 2. The quantitative estimate of drug-likeness (QED) is 0.770. The minimum atomic E-state index is 0.401. The van der Waals surface area contributed by atoms with E-state index in [0.717, 1.165) is 31.0 Å². The first-order chi connectivity index (χ1) is 7.20. The van der Waals surface area contributed by atoms with Gasteiger partial charge in [0.05, 0.1) is 12.6 Å². The highest BCUT2D eigenvalue weighted by molar-refractivity contribution is 5.55. The topological polar surface area (TPSA) is 64.3 Å². The number of ether oxygens (including phenoxy) is 1. The number of nitrogens with zero attached hydrogens (tertiary/aromatic N) is 3. The number of hydrogen-bond acceptors (Lipinski definition) is 5. The fraction of sp³-hybridized carbons (Fsp3) is 0.600. The standard InChI is InChI=1S/C10H16N4O/c1-7-9(11)12-6-13-10(7)14(2)8-3-4-15-5-8/h6,8H,3-5H2,1-2H3,(H2,11,12,13). The zero-order chi connectivity index (χ0) is 10.8. The third-order valence-electron chi connectivity index (χ3n) is 2.88. The van der Waals surface area contributed by atoms with Crippen LogP contribution in [-0.2, 0) is 4.74 Å². The second kappa shape index (κ2) is 4.02. The van der Waals surface area contributed by atoms with Crippen LogP contribution in [0.3, 0.4) is 0 Å². The molecular weight excluding hydrogens is 192 g/mol. The van der Waals surface area contributed by atoms with Crippen molar-refractivity contribution < 1.29 is 4.74 Å². The summed E-state index contributed by atoms with van der Waals surface area (Å²) in [5.41, 5.74) is 6.69. The summed E-state index contributed by atoms with van der Waals surface area (Å²) in [6.45, 7) is 3.53. The van der Waals surface area contributed by atoms with E-state index in [-0.39, 0.29) is 0 Å². The van der Waals surface area contributed by atoms with Crippen LogP contribution < -0.4 is 10.6 Å². The molecule has 5 nitrogen and oxygen atoms in total. The van der Waals surface area contributed by atoms with Gasteiger partial charge in [-0.3, -0.25) is 0 Å². The highest BCUT2D eigenvalue weighted by Crippen LogP contribution is 2.23. The van der Waals surface area contributed by atoms with E-state index in [4.69, 9.17) is 10.5 Å². The molecule has 1 saturated heterocycles. The molecule has 15 heavy (non-hydrogen) atoms. The van der Waals surface area contributed by atoms with Gasteiger partial charge in [0, 0.05) is 19.2 Å². The molecule has 2 N–H and O–H groups in total. The Kier molecular flexibility index (Phi) is 2.73. The Morgan fingerprint density at radius 1 is 1.53 bits per heavy atom. The Hall–Kier alpha value is -1.36. The summed E-state index contributed by atoms with van der Waals surface area (Å²) in [5.74, 6) is 1.45. The number of rotatable bonds is 2. The largest absolute Gasteiger partial charge is 0.383 e. The van der Waals surface area contributed by atoms with Gasteiger partial charge < -0.3 is 15.4 Å². The molecule has 1 aliphatic heterocycles. The molecular formula is C10H16N4O. The van der Waals surface area contributed by atoms with Gasteiger partial charge in [-0.1, -0.05) is 0 Å². The molecule has 0 aromatic carbocycles. The molecule has 0 bridgehead atoms. The van der Waals surface area contributed by atoms with Gasteiger partial charge in [0.25, 0.3) is 0 Å². The molecule has 0 saturated carbocycles. The van der Waals surface area contributed by atoms with E-state index in [1.54, 1.807) is 0 Å². The predicted molar refractivity (Wildman–Crippen MR) is 58.8 cm³/mol. The average Bonchev–Trinajstić information content (AvgIpc) is 2.74. The molecule has 1 aromatic rings. The first-order valence-electron chi connectivity index (χ1n) is 5.08. The van der Waals surface area contributed by atoms with Crippen molar-refractivity contribution in [3.05, 3.63) is 11.9 Å². The summed E-state index contributed by atoms with van der Waals surface area (Å²) in [7, 11) is 2.02. The molecule has 1 aromatic heterocycles. The van der Waals surface area contributed by atoms with Crippen molar-refractivity contribution in [2.45, 2.75) is 19.4 Å². The smallest absolute Gasteiger partial charge is 0.137 e. The third kappa shape index (κ3) is 1.87. The monoisotopic (exact) mass is 208 g/mol. The number of hydrogen-bond donors (Lipinski definition) is 1. The molecule has 1 fully saturated rings. The maximum Gasteiger partial charge on any atom is 0.137 e. The highest BCUT2D eigenvalue weighted by atomic mass is 16.5. The van der Waals surface area contributed by atoms with Gasteiger partial charge in [-0.2, -0.15) is 0 Å². The minimum absolute atomic E-state index is 0.401. The van der Waals surface area contributed by atoms with E-state index in [0.29, 0.717) is 11.9 Å². The van der Waals surface area contributed by atoms with Crippen LogP contribution in [-0.4, -0.2) is 36.3 Å². The zero-order valence-corrected chi connectivity index (χ0v) is 9.10. The molecule has 0 spiro atoms. The predicted octanol–water partition coefficient (Wildman–Crippen LogP) is 0.592. The number of aromatic nitrogens is 2. The van der Waals surface area contributed by atoms with Crippen molar-refractivity contribution in [3.63, 3.8) is 0 Å². The van der Waals surface area contributed by atoms with Crippen LogP contribution in [0.15, 0.2) is 6.33 Å². The summed E-state index contributed by atoms with van der Waals surface area (Å²) in [6, 6.07) is 0.401. The molecule has 2 rings (SSSR count). The maximum absolute atomic E-state index is 5.75. The van der Waals surface area contributed by atoms with E-state index < -0.39 is 0 Å². The minimum Gasteiger partial charge on any atom is -0.383 e. The SMILES string of the molecule is Cc1c(N)ncnc1N(C)C1CCOC1. The first-order valence-corrected chi connectivity index (χ1v) is 5.08. The zero-order valence-electron chi connectivity index (χ0n) is 9.10. The molecule has 0 radical (unpaired) electrons. The van der Waals surface area contributed by atoms with Crippen molar-refractivity contribution in [3.8, 4) is 0 Å². The Morgan fingerprint density at radius 2 is 2.33 bits per heavy atom. The average molecular weight is 208 g/mol. The van der Waals surface area contributed by atoms with Crippen LogP contribution in [0, 0.1) is 6.92 Å². The number of likely N-dealkylation sites (N-methyl/N-ethyl adjacent to an activating group) is 1. The van der Waals surface area contributed by atoms with Crippen molar-refractivity contribution in [2.24, 2.45) is 0 Å². The van der Waals surface area contributed by atoms with E-state index in [2.05, 4.69) is 14.9 Å². The Labute approximate surface area is 89.3 Å².